The van der Waals surface area contributed by atoms with Crippen LogP contribution in [-0.4, -0.2) is 42.7 Å². The molecule has 3 rings (SSSR count). The lowest BCUT2D eigenvalue weighted by molar-refractivity contribution is 0.178. The Morgan fingerprint density at radius 1 is 1.24 bits per heavy atom. The van der Waals surface area contributed by atoms with E-state index >= 15 is 0 Å². The number of nitrogens with one attached hydrogen (secondary N) is 1. The molecule has 0 amide bonds. The Morgan fingerprint density at radius 3 is 2.72 bits per heavy atom. The maximum Gasteiger partial charge on any atom is 0.187 e. The van der Waals surface area contributed by atoms with Gasteiger partial charge in [-0.2, -0.15) is 0 Å². The fourth-order valence-electron chi connectivity index (χ4n) is 3.51. The normalized spacial score (nSPS) is 18.4. The number of para-hydroxylation sites is 2. The molecule has 2 heterocycles. The van der Waals surface area contributed by atoms with E-state index in [0.717, 1.165) is 54.4 Å². The third kappa shape index (κ3) is 3.56. The van der Waals surface area contributed by atoms with Crippen molar-refractivity contribution in [1.29, 1.82) is 0 Å². The monoisotopic (exact) mass is 341 g/mol. The highest BCUT2D eigenvalue weighted by Crippen LogP contribution is 2.29. The number of aromatic amines is 1. The van der Waals surface area contributed by atoms with E-state index in [1.165, 1.54) is 0 Å². The summed E-state index contributed by atoms with van der Waals surface area (Å²) in [5, 5.41) is 0. The van der Waals surface area contributed by atoms with Gasteiger partial charge in [0.25, 0.3) is 0 Å². The number of methoxy groups -OCH3 is 1. The van der Waals surface area contributed by atoms with Crippen LogP contribution in [0.1, 0.15) is 23.7 Å². The summed E-state index contributed by atoms with van der Waals surface area (Å²) in [6.07, 6.45) is 1.82. The van der Waals surface area contributed by atoms with Crippen molar-refractivity contribution < 1.29 is 4.74 Å². The molecule has 1 N–H and O–H groups in total. The molecule has 0 saturated carbocycles. The molecule has 0 unspecified atom stereocenters. The minimum absolute atomic E-state index is 0.147. The molecule has 134 valence electrons. The molecular weight excluding hydrogens is 314 g/mol. The second kappa shape index (κ2) is 7.31. The predicted octanol–water partition coefficient (Wildman–Crippen LogP) is 2.71. The largest absolute Gasteiger partial charge is 0.495 e. The van der Waals surface area contributed by atoms with Crippen LogP contribution in [0.25, 0.3) is 0 Å². The van der Waals surface area contributed by atoms with Gasteiger partial charge in [-0.3, -0.25) is 9.69 Å². The maximum absolute atomic E-state index is 12.2. The fraction of sp³-hybridized carbons (Fsp3) is 0.450. The summed E-state index contributed by atoms with van der Waals surface area (Å²) in [6.45, 7) is 9.62. The van der Waals surface area contributed by atoms with E-state index in [2.05, 4.69) is 33.8 Å². The highest BCUT2D eigenvalue weighted by Gasteiger charge is 2.26. The molecule has 25 heavy (non-hydrogen) atoms. The minimum atomic E-state index is 0.147. The predicted molar refractivity (Wildman–Crippen MR) is 102 cm³/mol. The van der Waals surface area contributed by atoms with Crippen LogP contribution < -0.4 is 15.1 Å². The molecule has 0 radical (unpaired) electrons. The van der Waals surface area contributed by atoms with Gasteiger partial charge in [0.15, 0.2) is 5.43 Å². The van der Waals surface area contributed by atoms with Gasteiger partial charge >= 0.3 is 0 Å². The second-order valence-corrected chi connectivity index (χ2v) is 6.84. The number of benzene rings is 1. The quantitative estimate of drug-likeness (QED) is 0.929. The Hall–Kier alpha value is -2.27. The van der Waals surface area contributed by atoms with E-state index in [1.54, 1.807) is 7.11 Å². The minimum Gasteiger partial charge on any atom is -0.495 e. The number of nitrogens with zero attached hydrogens (tertiary/aromatic N) is 2. The molecule has 1 aromatic carbocycles. The lowest BCUT2D eigenvalue weighted by Crippen LogP contribution is -2.51. The number of aryl methyl sites for hydroxylation is 1. The molecular formula is C20H27N3O2. The number of rotatable bonds is 4. The zero-order valence-corrected chi connectivity index (χ0v) is 15.5. The maximum atomic E-state index is 12.2. The number of anilines is 1. The zero-order valence-electron chi connectivity index (χ0n) is 15.5. The van der Waals surface area contributed by atoms with Crippen LogP contribution in [0.2, 0.25) is 0 Å². The topological polar surface area (TPSA) is 48.6 Å². The van der Waals surface area contributed by atoms with Gasteiger partial charge in [0.05, 0.1) is 12.8 Å². The van der Waals surface area contributed by atoms with Crippen LogP contribution in [0.3, 0.4) is 0 Å². The number of H-pyrrole nitrogens is 1. The van der Waals surface area contributed by atoms with Crippen LogP contribution in [0, 0.1) is 13.8 Å². The van der Waals surface area contributed by atoms with Gasteiger partial charge in [0, 0.05) is 55.2 Å². The van der Waals surface area contributed by atoms with Crippen molar-refractivity contribution in [2.75, 3.05) is 31.6 Å². The number of aromatic nitrogens is 1. The smallest absolute Gasteiger partial charge is 0.187 e. The zero-order chi connectivity index (χ0) is 18.0. The van der Waals surface area contributed by atoms with Gasteiger partial charge in [0.2, 0.25) is 0 Å². The van der Waals surface area contributed by atoms with Gasteiger partial charge in [0.1, 0.15) is 5.75 Å². The van der Waals surface area contributed by atoms with E-state index in [-0.39, 0.29) is 5.43 Å². The first-order valence-electron chi connectivity index (χ1n) is 8.81. The Kier molecular flexibility index (Phi) is 5.13. The third-order valence-corrected chi connectivity index (χ3v) is 5.17. The number of hydrogen-bond donors (Lipinski definition) is 1. The van der Waals surface area contributed by atoms with Crippen molar-refractivity contribution in [2.45, 2.75) is 33.4 Å². The van der Waals surface area contributed by atoms with Gasteiger partial charge < -0.3 is 14.6 Å². The van der Waals surface area contributed by atoms with Crippen molar-refractivity contribution in [2.24, 2.45) is 0 Å². The second-order valence-electron chi connectivity index (χ2n) is 6.84. The van der Waals surface area contributed by atoms with Crippen molar-refractivity contribution in [3.8, 4) is 5.75 Å². The molecule has 1 aliphatic heterocycles. The SMILES string of the molecule is COc1ccccc1N1CCN(Cc2[nH]cc(C)c(=O)c2C)[C@@H](C)C1. The number of ether oxygens (including phenoxy) is 1. The van der Waals surface area contributed by atoms with Crippen LogP contribution in [-0.2, 0) is 6.54 Å². The molecule has 5 heteroatoms. The summed E-state index contributed by atoms with van der Waals surface area (Å²) in [4.78, 5) is 20.3. The Bertz CT molecular complexity index is 800. The molecule has 0 spiro atoms. The summed E-state index contributed by atoms with van der Waals surface area (Å²) in [5.74, 6) is 0.918. The van der Waals surface area contributed by atoms with E-state index < -0.39 is 0 Å². The van der Waals surface area contributed by atoms with Crippen LogP contribution >= 0.6 is 0 Å². The van der Waals surface area contributed by atoms with Crippen molar-refractivity contribution in [3.05, 3.63) is 57.5 Å². The molecule has 1 aromatic heterocycles. The van der Waals surface area contributed by atoms with Crippen LogP contribution in [0.5, 0.6) is 5.75 Å². The Morgan fingerprint density at radius 2 is 2.00 bits per heavy atom. The van der Waals surface area contributed by atoms with Crippen molar-refractivity contribution >= 4 is 5.69 Å². The van der Waals surface area contributed by atoms with E-state index in [4.69, 9.17) is 4.74 Å². The van der Waals surface area contributed by atoms with E-state index in [1.807, 2.05) is 32.2 Å². The van der Waals surface area contributed by atoms with Crippen LogP contribution in [0.15, 0.2) is 35.3 Å². The average Bonchev–Trinajstić information content (AvgIpc) is 2.63. The first-order chi connectivity index (χ1) is 12.0. The highest BCUT2D eigenvalue weighted by atomic mass is 16.5. The Labute approximate surface area is 149 Å². The van der Waals surface area contributed by atoms with Gasteiger partial charge in [-0.15, -0.1) is 0 Å². The molecule has 1 saturated heterocycles. The van der Waals surface area contributed by atoms with Gasteiger partial charge in [-0.1, -0.05) is 12.1 Å². The number of piperazine rings is 1. The summed E-state index contributed by atoms with van der Waals surface area (Å²) in [6, 6.07) is 8.56. The first-order valence-corrected chi connectivity index (χ1v) is 8.81. The fourth-order valence-corrected chi connectivity index (χ4v) is 3.51. The lowest BCUT2D eigenvalue weighted by atomic mass is 10.1. The third-order valence-electron chi connectivity index (χ3n) is 5.17. The Balaban J connectivity index is 1.72. The molecule has 0 bridgehead atoms. The summed E-state index contributed by atoms with van der Waals surface area (Å²) < 4.78 is 5.50. The molecule has 1 fully saturated rings. The molecule has 5 nitrogen and oxygen atoms in total. The molecule has 1 aliphatic rings. The summed E-state index contributed by atoms with van der Waals surface area (Å²) in [5.41, 5.74) is 3.92. The molecule has 1 atom stereocenters. The molecule has 2 aromatic rings. The number of pyridine rings is 1. The lowest BCUT2D eigenvalue weighted by Gasteiger charge is -2.41. The van der Waals surface area contributed by atoms with Crippen molar-refractivity contribution in [3.63, 3.8) is 0 Å². The average molecular weight is 341 g/mol. The first kappa shape index (κ1) is 17.5. The standard InChI is InChI=1S/C20H27N3O2/c1-14-11-21-17(16(3)20(14)24)13-22-9-10-23(12-15(22)2)18-7-5-6-8-19(18)25-4/h5-8,11,15H,9-10,12-13H2,1-4H3,(H,21,24)/t15-/m0/s1. The van der Waals surface area contributed by atoms with Gasteiger partial charge in [-0.05, 0) is 32.9 Å². The van der Waals surface area contributed by atoms with E-state index in [9.17, 15) is 4.79 Å². The van der Waals surface area contributed by atoms with Crippen LogP contribution in [0.4, 0.5) is 5.69 Å². The molecule has 0 aliphatic carbocycles. The summed E-state index contributed by atoms with van der Waals surface area (Å²) in [7, 11) is 1.72. The number of hydrogen-bond acceptors (Lipinski definition) is 4. The summed E-state index contributed by atoms with van der Waals surface area (Å²) >= 11 is 0. The van der Waals surface area contributed by atoms with Gasteiger partial charge in [-0.25, -0.2) is 0 Å². The van der Waals surface area contributed by atoms with Crippen molar-refractivity contribution in [1.82, 2.24) is 9.88 Å². The highest BCUT2D eigenvalue weighted by molar-refractivity contribution is 5.58. The van der Waals surface area contributed by atoms with E-state index in [0.29, 0.717) is 6.04 Å².